The van der Waals surface area contributed by atoms with Crippen LogP contribution in [0.4, 0.5) is 5.13 Å². The van der Waals surface area contributed by atoms with Gasteiger partial charge in [0.05, 0.1) is 15.9 Å². The predicted octanol–water partition coefficient (Wildman–Crippen LogP) is 3.22. The van der Waals surface area contributed by atoms with Gasteiger partial charge in [0.25, 0.3) is 0 Å². The van der Waals surface area contributed by atoms with Crippen LogP contribution < -0.4 is 5.32 Å². The molecule has 2 aromatic heterocycles. The molecule has 22 heavy (non-hydrogen) atoms. The van der Waals surface area contributed by atoms with Gasteiger partial charge in [-0.1, -0.05) is 23.5 Å². The number of hydrogen-bond donors (Lipinski definition) is 1. The number of anilines is 1. The van der Waals surface area contributed by atoms with Crippen molar-refractivity contribution < 1.29 is 4.79 Å². The van der Waals surface area contributed by atoms with Gasteiger partial charge in [-0.25, -0.2) is 4.98 Å². The Morgan fingerprint density at radius 1 is 1.32 bits per heavy atom. The minimum atomic E-state index is -0.0123. The van der Waals surface area contributed by atoms with Gasteiger partial charge in [0.1, 0.15) is 0 Å². The molecule has 1 N–H and O–H groups in total. The first-order chi connectivity index (χ1) is 10.5. The lowest BCUT2D eigenvalue weighted by molar-refractivity contribution is -0.116. The van der Waals surface area contributed by atoms with Crippen LogP contribution in [0.3, 0.4) is 0 Å². The van der Waals surface area contributed by atoms with Gasteiger partial charge in [-0.3, -0.25) is 9.48 Å². The van der Waals surface area contributed by atoms with Crippen LogP contribution in [-0.4, -0.2) is 20.7 Å². The molecule has 0 saturated heterocycles. The normalized spacial score (nSPS) is 11.0. The van der Waals surface area contributed by atoms with Crippen LogP contribution >= 0.6 is 11.3 Å². The molecule has 0 aliphatic carbocycles. The smallest absolute Gasteiger partial charge is 0.226 e. The second-order valence-electron chi connectivity index (χ2n) is 5.31. The minimum absolute atomic E-state index is 0.0123. The molecule has 1 aromatic carbocycles. The maximum atomic E-state index is 12.1. The van der Waals surface area contributed by atoms with E-state index in [4.69, 9.17) is 0 Å². The molecule has 1 amide bonds. The lowest BCUT2D eigenvalue weighted by Crippen LogP contribution is -2.12. The van der Waals surface area contributed by atoms with Crippen molar-refractivity contribution in [3.63, 3.8) is 0 Å². The van der Waals surface area contributed by atoms with Crippen LogP contribution in [0, 0.1) is 13.8 Å². The molecular formula is C16H18N4OS. The standard InChI is InChI=1S/C16H18N4OS/c1-10-12(11(2)20(3)19-10)8-9-15(21)18-16-17-13-6-4-5-7-14(13)22-16/h4-7H,8-9H2,1-3H3,(H,17,18,21). The molecule has 0 aliphatic rings. The second kappa shape index (κ2) is 5.88. The molecule has 0 bridgehead atoms. The van der Waals surface area contributed by atoms with E-state index >= 15 is 0 Å². The van der Waals surface area contributed by atoms with Crippen LogP contribution in [0.1, 0.15) is 23.4 Å². The van der Waals surface area contributed by atoms with E-state index in [9.17, 15) is 4.79 Å². The highest BCUT2D eigenvalue weighted by Crippen LogP contribution is 2.25. The van der Waals surface area contributed by atoms with Crippen molar-refractivity contribution in [1.29, 1.82) is 0 Å². The number of para-hydroxylation sites is 1. The van der Waals surface area contributed by atoms with E-state index in [0.717, 1.165) is 27.2 Å². The number of benzene rings is 1. The molecule has 0 radical (unpaired) electrons. The molecule has 3 aromatic rings. The summed E-state index contributed by atoms with van der Waals surface area (Å²) in [5.74, 6) is -0.0123. The van der Waals surface area contributed by atoms with Gasteiger partial charge in [-0.05, 0) is 38.0 Å². The maximum Gasteiger partial charge on any atom is 0.226 e. The van der Waals surface area contributed by atoms with Crippen molar-refractivity contribution in [2.24, 2.45) is 7.05 Å². The Morgan fingerprint density at radius 2 is 2.09 bits per heavy atom. The highest BCUT2D eigenvalue weighted by molar-refractivity contribution is 7.22. The number of carbonyl (C=O) groups excluding carboxylic acids is 1. The lowest BCUT2D eigenvalue weighted by atomic mass is 10.1. The van der Waals surface area contributed by atoms with E-state index in [0.29, 0.717) is 18.0 Å². The van der Waals surface area contributed by atoms with E-state index in [2.05, 4.69) is 15.4 Å². The van der Waals surface area contributed by atoms with Crippen molar-refractivity contribution in [1.82, 2.24) is 14.8 Å². The molecule has 6 heteroatoms. The van der Waals surface area contributed by atoms with Crippen LogP contribution in [0.2, 0.25) is 0 Å². The summed E-state index contributed by atoms with van der Waals surface area (Å²) in [6.07, 6.45) is 1.13. The topological polar surface area (TPSA) is 59.8 Å². The molecule has 0 fully saturated rings. The van der Waals surface area contributed by atoms with Crippen LogP contribution in [0.25, 0.3) is 10.2 Å². The molecule has 0 aliphatic heterocycles. The maximum absolute atomic E-state index is 12.1. The number of rotatable bonds is 4. The van der Waals surface area contributed by atoms with Gasteiger partial charge in [-0.2, -0.15) is 5.10 Å². The summed E-state index contributed by atoms with van der Waals surface area (Å²) in [5, 5.41) is 7.92. The largest absolute Gasteiger partial charge is 0.302 e. The number of amides is 1. The number of carbonyl (C=O) groups is 1. The highest BCUT2D eigenvalue weighted by atomic mass is 32.1. The summed E-state index contributed by atoms with van der Waals surface area (Å²) < 4.78 is 2.94. The number of aryl methyl sites for hydroxylation is 2. The molecule has 0 saturated carbocycles. The molecule has 2 heterocycles. The Morgan fingerprint density at radius 3 is 2.77 bits per heavy atom. The van der Waals surface area contributed by atoms with Gasteiger partial charge in [0.2, 0.25) is 5.91 Å². The molecule has 5 nitrogen and oxygen atoms in total. The number of aromatic nitrogens is 3. The van der Waals surface area contributed by atoms with Crippen molar-refractivity contribution in [2.75, 3.05) is 5.32 Å². The zero-order valence-corrected chi connectivity index (χ0v) is 13.7. The Labute approximate surface area is 133 Å². The summed E-state index contributed by atoms with van der Waals surface area (Å²) in [4.78, 5) is 16.5. The predicted molar refractivity (Wildman–Crippen MR) is 89.3 cm³/mol. The van der Waals surface area contributed by atoms with Crippen molar-refractivity contribution in [3.8, 4) is 0 Å². The van der Waals surface area contributed by atoms with E-state index in [-0.39, 0.29) is 5.91 Å². The van der Waals surface area contributed by atoms with Crippen molar-refractivity contribution in [3.05, 3.63) is 41.2 Å². The first-order valence-electron chi connectivity index (χ1n) is 7.19. The monoisotopic (exact) mass is 314 g/mol. The lowest BCUT2D eigenvalue weighted by Gasteiger charge is -2.03. The summed E-state index contributed by atoms with van der Waals surface area (Å²) >= 11 is 1.50. The SMILES string of the molecule is Cc1nn(C)c(C)c1CCC(=O)Nc1nc2ccccc2s1. The third-order valence-electron chi connectivity index (χ3n) is 3.80. The van der Waals surface area contributed by atoms with Crippen molar-refractivity contribution in [2.45, 2.75) is 26.7 Å². The average molecular weight is 314 g/mol. The number of fused-ring (bicyclic) bond motifs is 1. The first-order valence-corrected chi connectivity index (χ1v) is 8.00. The Kier molecular flexibility index (Phi) is 3.94. The van der Waals surface area contributed by atoms with Gasteiger partial charge in [0.15, 0.2) is 5.13 Å². The van der Waals surface area contributed by atoms with Crippen LogP contribution in [0.15, 0.2) is 24.3 Å². The Hall–Kier alpha value is -2.21. The molecule has 0 spiro atoms. The van der Waals surface area contributed by atoms with Crippen LogP contribution in [0.5, 0.6) is 0 Å². The third kappa shape index (κ3) is 2.87. The average Bonchev–Trinajstić information content (AvgIpc) is 2.98. The highest BCUT2D eigenvalue weighted by Gasteiger charge is 2.12. The quantitative estimate of drug-likeness (QED) is 0.804. The number of thiazole rings is 1. The summed E-state index contributed by atoms with van der Waals surface area (Å²) in [6.45, 7) is 4.01. The number of nitrogens with one attached hydrogen (secondary N) is 1. The number of hydrogen-bond acceptors (Lipinski definition) is 4. The third-order valence-corrected chi connectivity index (χ3v) is 4.75. The Bertz CT molecular complexity index is 801. The fraction of sp³-hybridized carbons (Fsp3) is 0.312. The molecule has 0 unspecified atom stereocenters. The summed E-state index contributed by atoms with van der Waals surface area (Å²) in [6, 6.07) is 7.87. The van der Waals surface area contributed by atoms with Crippen LogP contribution in [-0.2, 0) is 18.3 Å². The number of nitrogens with zero attached hydrogens (tertiary/aromatic N) is 3. The van der Waals surface area contributed by atoms with E-state index in [1.807, 2.05) is 49.8 Å². The fourth-order valence-electron chi connectivity index (χ4n) is 2.53. The molecule has 3 rings (SSSR count). The molecule has 0 atom stereocenters. The molecular weight excluding hydrogens is 296 g/mol. The minimum Gasteiger partial charge on any atom is -0.302 e. The van der Waals surface area contributed by atoms with E-state index in [1.54, 1.807) is 0 Å². The molecule has 114 valence electrons. The first kappa shape index (κ1) is 14.7. The van der Waals surface area contributed by atoms with Crippen molar-refractivity contribution >= 4 is 32.6 Å². The van der Waals surface area contributed by atoms with E-state index in [1.165, 1.54) is 11.3 Å². The summed E-state index contributed by atoms with van der Waals surface area (Å²) in [7, 11) is 1.92. The van der Waals surface area contributed by atoms with Gasteiger partial charge < -0.3 is 5.32 Å². The van der Waals surface area contributed by atoms with Gasteiger partial charge in [0, 0.05) is 19.2 Å². The fourth-order valence-corrected chi connectivity index (χ4v) is 3.41. The second-order valence-corrected chi connectivity index (χ2v) is 6.34. The Balaban J connectivity index is 1.65. The van der Waals surface area contributed by atoms with E-state index < -0.39 is 0 Å². The summed E-state index contributed by atoms with van der Waals surface area (Å²) in [5.41, 5.74) is 4.18. The van der Waals surface area contributed by atoms with Gasteiger partial charge >= 0.3 is 0 Å². The zero-order valence-electron chi connectivity index (χ0n) is 12.9. The van der Waals surface area contributed by atoms with Gasteiger partial charge in [-0.15, -0.1) is 0 Å². The zero-order chi connectivity index (χ0) is 15.7.